The molecular formula is C13H16N2O2S. The van der Waals surface area contributed by atoms with Crippen LogP contribution in [0.25, 0.3) is 0 Å². The summed E-state index contributed by atoms with van der Waals surface area (Å²) in [4.78, 5) is 0. The van der Waals surface area contributed by atoms with Gasteiger partial charge in [-0.05, 0) is 18.9 Å². The first-order valence-corrected chi connectivity index (χ1v) is 7.63. The van der Waals surface area contributed by atoms with Gasteiger partial charge < -0.3 is 0 Å². The summed E-state index contributed by atoms with van der Waals surface area (Å²) in [7, 11) is -3.13. The number of nitrogens with zero attached hydrogens (tertiary/aromatic N) is 1. The maximum Gasteiger partial charge on any atom is 0.155 e. The Morgan fingerprint density at radius 3 is 2.61 bits per heavy atom. The van der Waals surface area contributed by atoms with Gasteiger partial charge in [0, 0.05) is 6.54 Å². The number of benzene rings is 1. The fourth-order valence-electron chi connectivity index (χ4n) is 2.26. The Hall–Kier alpha value is -1.38. The van der Waals surface area contributed by atoms with Crippen LogP contribution in [0.3, 0.4) is 0 Å². The Balaban J connectivity index is 2.15. The van der Waals surface area contributed by atoms with Gasteiger partial charge in [-0.1, -0.05) is 30.3 Å². The van der Waals surface area contributed by atoms with Crippen LogP contribution in [-0.2, 0) is 16.4 Å². The smallest absolute Gasteiger partial charge is 0.155 e. The molecule has 0 radical (unpaired) electrons. The number of sulfone groups is 1. The molecule has 0 bridgehead atoms. The van der Waals surface area contributed by atoms with Gasteiger partial charge >= 0.3 is 0 Å². The predicted molar refractivity (Wildman–Crippen MR) is 69.5 cm³/mol. The minimum absolute atomic E-state index is 0.0868. The molecule has 1 heterocycles. The van der Waals surface area contributed by atoms with E-state index in [1.165, 1.54) is 0 Å². The van der Waals surface area contributed by atoms with Crippen LogP contribution in [-0.4, -0.2) is 25.0 Å². The highest BCUT2D eigenvalue weighted by Crippen LogP contribution is 2.30. The van der Waals surface area contributed by atoms with Crippen LogP contribution in [0, 0.1) is 11.3 Å². The summed E-state index contributed by atoms with van der Waals surface area (Å²) in [6.07, 6.45) is 0.361. The van der Waals surface area contributed by atoms with Crippen LogP contribution in [0.5, 0.6) is 0 Å². The Labute approximate surface area is 108 Å². The molecule has 0 amide bonds. The van der Waals surface area contributed by atoms with E-state index in [0.717, 1.165) is 5.56 Å². The molecule has 1 aliphatic heterocycles. The molecule has 0 saturated carbocycles. The molecule has 4 nitrogen and oxygen atoms in total. The van der Waals surface area contributed by atoms with Crippen molar-refractivity contribution < 1.29 is 8.42 Å². The lowest BCUT2D eigenvalue weighted by atomic mass is 9.94. The van der Waals surface area contributed by atoms with Crippen molar-refractivity contribution in [1.29, 1.82) is 5.26 Å². The van der Waals surface area contributed by atoms with Gasteiger partial charge in [0.05, 0.1) is 17.1 Å². The number of rotatable bonds is 3. The van der Waals surface area contributed by atoms with Crippen molar-refractivity contribution in [2.45, 2.75) is 30.7 Å². The van der Waals surface area contributed by atoms with Crippen molar-refractivity contribution >= 4 is 9.84 Å². The third kappa shape index (κ3) is 2.26. The average molecular weight is 264 g/mol. The SMILES string of the molecule is CC1C(C#N)(NCc2ccccc2)CCS1(=O)=O. The van der Waals surface area contributed by atoms with Gasteiger partial charge in [0.15, 0.2) is 9.84 Å². The fraction of sp³-hybridized carbons (Fsp3) is 0.462. The number of nitrogens with one attached hydrogen (secondary N) is 1. The van der Waals surface area contributed by atoms with E-state index in [2.05, 4.69) is 11.4 Å². The molecule has 1 fully saturated rings. The van der Waals surface area contributed by atoms with Crippen LogP contribution >= 0.6 is 0 Å². The Morgan fingerprint density at radius 1 is 1.44 bits per heavy atom. The van der Waals surface area contributed by atoms with E-state index in [4.69, 9.17) is 0 Å². The second-order valence-corrected chi connectivity index (χ2v) is 7.12. The molecule has 1 aromatic rings. The Kier molecular flexibility index (Phi) is 3.42. The van der Waals surface area contributed by atoms with Crippen LogP contribution in [0.2, 0.25) is 0 Å². The van der Waals surface area contributed by atoms with Gasteiger partial charge in [-0.15, -0.1) is 0 Å². The molecule has 96 valence electrons. The largest absolute Gasteiger partial charge is 0.294 e. The molecule has 0 aliphatic carbocycles. The van der Waals surface area contributed by atoms with E-state index in [-0.39, 0.29) is 5.75 Å². The molecule has 1 saturated heterocycles. The minimum Gasteiger partial charge on any atom is -0.294 e. The Bertz CT molecular complexity index is 562. The van der Waals surface area contributed by atoms with E-state index in [0.29, 0.717) is 13.0 Å². The van der Waals surface area contributed by atoms with Gasteiger partial charge in [-0.3, -0.25) is 5.32 Å². The molecular weight excluding hydrogens is 248 g/mol. The lowest BCUT2D eigenvalue weighted by Gasteiger charge is -2.26. The third-order valence-electron chi connectivity index (χ3n) is 3.66. The first-order chi connectivity index (χ1) is 8.50. The molecule has 2 atom stereocenters. The zero-order chi connectivity index (χ0) is 13.2. The van der Waals surface area contributed by atoms with E-state index in [9.17, 15) is 13.7 Å². The molecule has 1 aliphatic rings. The van der Waals surface area contributed by atoms with Crippen molar-refractivity contribution in [1.82, 2.24) is 5.32 Å². The molecule has 2 rings (SSSR count). The summed E-state index contributed by atoms with van der Waals surface area (Å²) in [6, 6.07) is 11.8. The van der Waals surface area contributed by atoms with Gasteiger partial charge in [0.1, 0.15) is 5.54 Å². The van der Waals surface area contributed by atoms with Crippen molar-refractivity contribution in [3.8, 4) is 6.07 Å². The quantitative estimate of drug-likeness (QED) is 0.892. The third-order valence-corrected chi connectivity index (χ3v) is 5.92. The first-order valence-electron chi connectivity index (χ1n) is 5.92. The maximum atomic E-state index is 11.8. The summed E-state index contributed by atoms with van der Waals surface area (Å²) in [5, 5.41) is 11.8. The molecule has 1 aromatic carbocycles. The van der Waals surface area contributed by atoms with Crippen LogP contribution in [0.4, 0.5) is 0 Å². The lowest BCUT2D eigenvalue weighted by Crippen LogP contribution is -2.49. The molecule has 1 N–H and O–H groups in total. The molecule has 2 unspecified atom stereocenters. The van der Waals surface area contributed by atoms with Crippen LogP contribution in [0.1, 0.15) is 18.9 Å². The normalized spacial score (nSPS) is 29.9. The van der Waals surface area contributed by atoms with Gasteiger partial charge in [-0.25, -0.2) is 8.42 Å². The fourth-order valence-corrected chi connectivity index (χ4v) is 4.09. The zero-order valence-corrected chi connectivity index (χ0v) is 11.1. The number of hydrogen-bond donors (Lipinski definition) is 1. The van der Waals surface area contributed by atoms with Crippen molar-refractivity contribution in [3.63, 3.8) is 0 Å². The predicted octanol–water partition coefficient (Wildman–Crippen LogP) is 1.25. The van der Waals surface area contributed by atoms with E-state index in [1.54, 1.807) is 6.92 Å². The standard InChI is InChI=1S/C13H16N2O2S/c1-11-13(10-14,7-8-18(11,16)17)15-9-12-5-3-2-4-6-12/h2-6,11,15H,7-9H2,1H3. The summed E-state index contributed by atoms with van der Waals surface area (Å²) in [6.45, 7) is 2.12. The van der Waals surface area contributed by atoms with Gasteiger partial charge in [-0.2, -0.15) is 5.26 Å². The van der Waals surface area contributed by atoms with Crippen LogP contribution in [0.15, 0.2) is 30.3 Å². The molecule has 0 aromatic heterocycles. The van der Waals surface area contributed by atoms with Crippen molar-refractivity contribution in [2.75, 3.05) is 5.75 Å². The van der Waals surface area contributed by atoms with Crippen molar-refractivity contribution in [2.24, 2.45) is 0 Å². The monoisotopic (exact) mass is 264 g/mol. The molecule has 5 heteroatoms. The Morgan fingerprint density at radius 2 is 2.11 bits per heavy atom. The van der Waals surface area contributed by atoms with E-state index in [1.807, 2.05) is 30.3 Å². The van der Waals surface area contributed by atoms with E-state index >= 15 is 0 Å². The summed E-state index contributed by atoms with van der Waals surface area (Å²) < 4.78 is 23.5. The number of hydrogen-bond acceptors (Lipinski definition) is 4. The second kappa shape index (κ2) is 4.71. The summed E-state index contributed by atoms with van der Waals surface area (Å²) >= 11 is 0. The van der Waals surface area contributed by atoms with Gasteiger partial charge in [0.25, 0.3) is 0 Å². The highest BCUT2D eigenvalue weighted by molar-refractivity contribution is 7.92. The minimum atomic E-state index is -3.13. The highest BCUT2D eigenvalue weighted by Gasteiger charge is 2.49. The zero-order valence-electron chi connectivity index (χ0n) is 10.3. The summed E-state index contributed by atoms with van der Waals surface area (Å²) in [5.74, 6) is 0.0868. The lowest BCUT2D eigenvalue weighted by molar-refractivity contribution is 0.408. The second-order valence-electron chi connectivity index (χ2n) is 4.68. The number of nitriles is 1. The maximum absolute atomic E-state index is 11.8. The molecule has 0 spiro atoms. The topological polar surface area (TPSA) is 70.0 Å². The highest BCUT2D eigenvalue weighted by atomic mass is 32.2. The van der Waals surface area contributed by atoms with E-state index < -0.39 is 20.6 Å². The first kappa shape index (κ1) is 13.1. The van der Waals surface area contributed by atoms with Crippen molar-refractivity contribution in [3.05, 3.63) is 35.9 Å². The average Bonchev–Trinajstić information content (AvgIpc) is 2.62. The summed E-state index contributed by atoms with van der Waals surface area (Å²) in [5.41, 5.74) is 0.0953. The molecule has 18 heavy (non-hydrogen) atoms. The van der Waals surface area contributed by atoms with Gasteiger partial charge in [0.2, 0.25) is 0 Å². The van der Waals surface area contributed by atoms with Crippen LogP contribution < -0.4 is 5.32 Å².